The molecule has 1 fully saturated rings. The van der Waals surface area contributed by atoms with E-state index in [2.05, 4.69) is 53.8 Å². The largest absolute Gasteiger partial charge is 0.399 e. The molecule has 7 heteroatoms. The summed E-state index contributed by atoms with van der Waals surface area (Å²) in [7, 11) is 0. The van der Waals surface area contributed by atoms with Crippen LogP contribution >= 0.6 is 0 Å². The van der Waals surface area contributed by atoms with Crippen molar-refractivity contribution < 1.29 is 0 Å². The molecule has 162 valence electrons. The molecule has 1 aliphatic rings. The van der Waals surface area contributed by atoms with E-state index in [0.29, 0.717) is 11.5 Å². The quantitative estimate of drug-likeness (QED) is 0.386. The summed E-state index contributed by atoms with van der Waals surface area (Å²) >= 11 is 0. The molecule has 1 heterocycles. The smallest absolute Gasteiger partial charge is 0.103 e. The number of allylic oxidation sites excluding steroid dienone is 1. The predicted octanol–water partition coefficient (Wildman–Crippen LogP) is 1.85. The Bertz CT molecular complexity index is 715. The fourth-order valence-electron chi connectivity index (χ4n) is 2.97. The van der Waals surface area contributed by atoms with E-state index in [0.717, 1.165) is 44.1 Å². The van der Waals surface area contributed by atoms with Gasteiger partial charge in [0.25, 0.3) is 0 Å². The van der Waals surface area contributed by atoms with Gasteiger partial charge in [-0.3, -0.25) is 0 Å². The van der Waals surface area contributed by atoms with E-state index in [4.69, 9.17) is 17.2 Å². The van der Waals surface area contributed by atoms with Gasteiger partial charge in [0.15, 0.2) is 0 Å². The third kappa shape index (κ3) is 7.51. The highest BCUT2D eigenvalue weighted by Gasteiger charge is 2.20. The number of hydrogen-bond acceptors (Lipinski definition) is 7. The number of rotatable bonds is 7. The van der Waals surface area contributed by atoms with Crippen molar-refractivity contribution in [2.24, 2.45) is 22.6 Å². The lowest BCUT2D eigenvalue weighted by Crippen LogP contribution is -2.43. The fourth-order valence-corrected chi connectivity index (χ4v) is 2.97. The highest BCUT2D eigenvalue weighted by atomic mass is 15.2. The number of hydrogen-bond donors (Lipinski definition) is 6. The molecule has 0 radical (unpaired) electrons. The van der Waals surface area contributed by atoms with Gasteiger partial charge < -0.3 is 38.1 Å². The second kappa shape index (κ2) is 9.41. The van der Waals surface area contributed by atoms with Crippen LogP contribution in [0.15, 0.2) is 47.6 Å². The highest BCUT2D eigenvalue weighted by molar-refractivity contribution is 5.57. The van der Waals surface area contributed by atoms with Gasteiger partial charge in [-0.1, -0.05) is 20.8 Å². The maximum Gasteiger partial charge on any atom is 0.103 e. The van der Waals surface area contributed by atoms with Crippen molar-refractivity contribution in [2.75, 3.05) is 42.9 Å². The summed E-state index contributed by atoms with van der Waals surface area (Å²) in [5.41, 5.74) is 21.7. The first-order valence-corrected chi connectivity index (χ1v) is 10.3. The van der Waals surface area contributed by atoms with Crippen LogP contribution in [0.25, 0.3) is 0 Å². The molecule has 0 bridgehead atoms. The van der Waals surface area contributed by atoms with Gasteiger partial charge in [0.05, 0.1) is 16.9 Å². The third-order valence-corrected chi connectivity index (χ3v) is 4.73. The van der Waals surface area contributed by atoms with Gasteiger partial charge in [0.2, 0.25) is 0 Å². The minimum atomic E-state index is -0.651. The van der Waals surface area contributed by atoms with Crippen LogP contribution in [-0.2, 0) is 0 Å². The summed E-state index contributed by atoms with van der Waals surface area (Å²) in [5, 5.41) is 10.0. The van der Waals surface area contributed by atoms with E-state index in [-0.39, 0.29) is 5.41 Å². The molecular weight excluding hydrogens is 362 g/mol. The second-order valence-corrected chi connectivity index (χ2v) is 9.47. The van der Waals surface area contributed by atoms with Crippen molar-refractivity contribution in [1.29, 1.82) is 0 Å². The summed E-state index contributed by atoms with van der Waals surface area (Å²) in [6.07, 6.45) is 1.82. The minimum absolute atomic E-state index is 0.0973. The van der Waals surface area contributed by atoms with Crippen LogP contribution in [0.1, 0.15) is 34.6 Å². The Balaban J connectivity index is 2.13. The predicted molar refractivity (Wildman–Crippen MR) is 124 cm³/mol. The normalized spacial score (nSPS) is 17.0. The molecule has 0 aliphatic carbocycles. The molecule has 0 amide bonds. The van der Waals surface area contributed by atoms with Gasteiger partial charge in [-0.05, 0) is 43.5 Å². The molecule has 2 rings (SSSR count). The third-order valence-electron chi connectivity index (χ3n) is 4.73. The van der Waals surface area contributed by atoms with Crippen LogP contribution in [0, 0.1) is 5.41 Å². The van der Waals surface area contributed by atoms with Crippen LogP contribution in [0.4, 0.5) is 11.4 Å². The van der Waals surface area contributed by atoms with Crippen molar-refractivity contribution in [3.63, 3.8) is 0 Å². The lowest BCUT2D eigenvalue weighted by Gasteiger charge is -2.29. The lowest BCUT2D eigenvalue weighted by atomic mass is 9.95. The average Bonchev–Trinajstić information content (AvgIpc) is 2.64. The van der Waals surface area contributed by atoms with Crippen molar-refractivity contribution >= 4 is 11.4 Å². The summed E-state index contributed by atoms with van der Waals surface area (Å²) in [4.78, 5) is 2.38. The Morgan fingerprint density at radius 3 is 2.17 bits per heavy atom. The summed E-state index contributed by atoms with van der Waals surface area (Å²) in [6.45, 7) is 15.1. The van der Waals surface area contributed by atoms with Gasteiger partial charge >= 0.3 is 0 Å². The summed E-state index contributed by atoms with van der Waals surface area (Å²) < 4.78 is 0. The van der Waals surface area contributed by atoms with Gasteiger partial charge in [0.1, 0.15) is 5.82 Å². The number of nitrogens with one attached hydrogen (secondary N) is 3. The zero-order valence-corrected chi connectivity index (χ0v) is 18.6. The molecule has 0 atom stereocenters. The standard InChI is InChI=1S/C22H39N7/c1-21(2,3)15-27-18(20(24)22(4,5)25)14-19(23)28-16-6-8-17(9-7-16)29-12-10-26-11-13-29/h6-9,14,26-28H,10-13,15,23-25H2,1-5H3/b19-14+,20-18+. The molecule has 9 N–H and O–H groups in total. The number of benzene rings is 1. The maximum absolute atomic E-state index is 6.32. The second-order valence-electron chi connectivity index (χ2n) is 9.47. The number of nitrogens with zero attached hydrogens (tertiary/aromatic N) is 1. The van der Waals surface area contributed by atoms with E-state index in [1.807, 2.05) is 32.1 Å². The molecule has 7 nitrogen and oxygen atoms in total. The Morgan fingerprint density at radius 1 is 1.07 bits per heavy atom. The van der Waals surface area contributed by atoms with Gasteiger partial charge in [-0.2, -0.15) is 0 Å². The first-order valence-electron chi connectivity index (χ1n) is 10.3. The van der Waals surface area contributed by atoms with Crippen LogP contribution in [0.5, 0.6) is 0 Å². The van der Waals surface area contributed by atoms with E-state index in [9.17, 15) is 0 Å². The molecule has 29 heavy (non-hydrogen) atoms. The monoisotopic (exact) mass is 401 g/mol. The van der Waals surface area contributed by atoms with Crippen LogP contribution in [0.2, 0.25) is 0 Å². The topological polar surface area (TPSA) is 117 Å². The van der Waals surface area contributed by atoms with Crippen molar-refractivity contribution in [3.8, 4) is 0 Å². The van der Waals surface area contributed by atoms with Crippen LogP contribution < -0.4 is 38.1 Å². The lowest BCUT2D eigenvalue weighted by molar-refractivity contribution is 0.396. The van der Waals surface area contributed by atoms with Crippen LogP contribution in [-0.4, -0.2) is 38.3 Å². The maximum atomic E-state index is 6.32. The molecule has 1 aromatic rings. The minimum Gasteiger partial charge on any atom is -0.399 e. The van der Waals surface area contributed by atoms with Gasteiger partial charge in [0, 0.05) is 50.2 Å². The Hall–Kier alpha value is -2.38. The zero-order valence-electron chi connectivity index (χ0n) is 18.6. The molecule has 1 aliphatic heterocycles. The van der Waals surface area contributed by atoms with E-state index < -0.39 is 5.54 Å². The number of nitrogens with two attached hydrogens (primary N) is 3. The first-order chi connectivity index (χ1) is 13.5. The fraction of sp³-hybridized carbons (Fsp3) is 0.545. The molecule has 0 spiro atoms. The Kier molecular flexibility index (Phi) is 7.43. The number of anilines is 2. The molecular formula is C22H39N7. The zero-order chi connectivity index (χ0) is 21.7. The summed E-state index contributed by atoms with van der Waals surface area (Å²) in [5.74, 6) is 0.503. The van der Waals surface area contributed by atoms with Gasteiger partial charge in [-0.25, -0.2) is 0 Å². The molecule has 1 saturated heterocycles. The molecule has 0 aromatic heterocycles. The number of piperazine rings is 1. The molecule has 0 unspecified atom stereocenters. The van der Waals surface area contributed by atoms with E-state index >= 15 is 0 Å². The molecule has 1 aromatic carbocycles. The van der Waals surface area contributed by atoms with Crippen molar-refractivity contribution in [2.45, 2.75) is 40.2 Å². The Morgan fingerprint density at radius 2 is 1.66 bits per heavy atom. The highest BCUT2D eigenvalue weighted by Crippen LogP contribution is 2.20. The van der Waals surface area contributed by atoms with Crippen molar-refractivity contribution in [1.82, 2.24) is 10.6 Å². The molecule has 0 saturated carbocycles. The summed E-state index contributed by atoms with van der Waals surface area (Å²) in [6, 6.07) is 8.32. The first kappa shape index (κ1) is 22.9. The van der Waals surface area contributed by atoms with E-state index in [1.54, 1.807) is 0 Å². The Labute approximate surface area is 175 Å². The van der Waals surface area contributed by atoms with E-state index in [1.165, 1.54) is 5.69 Å². The van der Waals surface area contributed by atoms with Crippen molar-refractivity contribution in [3.05, 3.63) is 47.6 Å². The van der Waals surface area contributed by atoms with Crippen LogP contribution in [0.3, 0.4) is 0 Å². The average molecular weight is 402 g/mol. The van der Waals surface area contributed by atoms with Gasteiger partial charge in [-0.15, -0.1) is 0 Å². The SMILES string of the molecule is CC(C)(C)CNC(/C=C(\N)Nc1ccc(N2CCNCC2)cc1)=C(/N)C(C)(C)N.